The number of nitrogens with two attached hydrogens (primary N) is 1. The second-order valence-corrected chi connectivity index (χ2v) is 7.30. The first-order valence-electron chi connectivity index (χ1n) is 7.50. The molecule has 1 saturated carbocycles. The van der Waals surface area contributed by atoms with E-state index in [0.717, 1.165) is 16.8 Å². The van der Waals surface area contributed by atoms with Crippen molar-refractivity contribution in [1.29, 1.82) is 0 Å². The lowest BCUT2D eigenvalue weighted by Gasteiger charge is -2.33. The molecule has 0 bridgehead atoms. The van der Waals surface area contributed by atoms with Crippen LogP contribution in [0.15, 0.2) is 18.3 Å². The molecule has 3 rings (SSSR count). The number of nitrogens with one attached hydrogen (secondary N) is 1. The zero-order valence-corrected chi connectivity index (χ0v) is 13.1. The van der Waals surface area contributed by atoms with Crippen LogP contribution < -0.4 is 11.1 Å². The predicted molar refractivity (Wildman–Crippen MR) is 87.6 cm³/mol. The van der Waals surface area contributed by atoms with Crippen LogP contribution >= 0.6 is 11.3 Å². The number of carbonyl (C=O) groups excluding carboxylic acids is 1. The first-order valence-corrected chi connectivity index (χ1v) is 8.32. The van der Waals surface area contributed by atoms with Crippen molar-refractivity contribution in [2.75, 3.05) is 12.3 Å². The van der Waals surface area contributed by atoms with E-state index >= 15 is 0 Å². The lowest BCUT2D eigenvalue weighted by molar-refractivity contribution is 0.0924. The Hall–Kier alpha value is -1.62. The van der Waals surface area contributed by atoms with E-state index in [4.69, 9.17) is 5.73 Å². The number of nitrogen functional groups attached to an aromatic ring is 1. The molecule has 0 aliphatic heterocycles. The summed E-state index contributed by atoms with van der Waals surface area (Å²) < 4.78 is 0.962. The predicted octanol–water partition coefficient (Wildman–Crippen LogP) is 3.58. The number of amides is 1. The minimum absolute atomic E-state index is 0.0673. The Morgan fingerprint density at radius 2 is 2.19 bits per heavy atom. The van der Waals surface area contributed by atoms with Crippen molar-refractivity contribution in [2.45, 2.75) is 39.0 Å². The summed E-state index contributed by atoms with van der Waals surface area (Å²) in [5, 5.41) is 3.07. The number of aromatic nitrogens is 1. The summed E-state index contributed by atoms with van der Waals surface area (Å²) in [7, 11) is 0. The van der Waals surface area contributed by atoms with E-state index in [1.165, 1.54) is 43.4 Å². The SMILES string of the molecule is CC1(CNC(=O)c2sc3cccnc3c2N)CCCCC1. The molecule has 2 aromatic rings. The van der Waals surface area contributed by atoms with Crippen molar-refractivity contribution in [3.8, 4) is 0 Å². The zero-order chi connectivity index (χ0) is 14.9. The van der Waals surface area contributed by atoms with Crippen LogP contribution in [0.4, 0.5) is 5.69 Å². The molecule has 0 aromatic carbocycles. The smallest absolute Gasteiger partial charge is 0.263 e. The molecule has 112 valence electrons. The Morgan fingerprint density at radius 3 is 2.90 bits per heavy atom. The average Bonchev–Trinajstić information content (AvgIpc) is 2.84. The molecule has 0 radical (unpaired) electrons. The number of hydrogen-bond donors (Lipinski definition) is 2. The first kappa shape index (κ1) is 14.3. The van der Waals surface area contributed by atoms with E-state index in [-0.39, 0.29) is 11.3 Å². The van der Waals surface area contributed by atoms with Gasteiger partial charge in [-0.25, -0.2) is 0 Å². The van der Waals surface area contributed by atoms with Crippen LogP contribution in [0.25, 0.3) is 10.2 Å². The lowest BCUT2D eigenvalue weighted by Crippen LogP contribution is -2.36. The van der Waals surface area contributed by atoms with E-state index in [1.807, 2.05) is 12.1 Å². The van der Waals surface area contributed by atoms with Crippen molar-refractivity contribution in [2.24, 2.45) is 5.41 Å². The summed E-state index contributed by atoms with van der Waals surface area (Å²) in [6.45, 7) is 3.00. The van der Waals surface area contributed by atoms with Gasteiger partial charge in [-0.1, -0.05) is 26.2 Å². The number of rotatable bonds is 3. The summed E-state index contributed by atoms with van der Waals surface area (Å²) in [6.07, 6.45) is 7.94. The number of anilines is 1. The zero-order valence-electron chi connectivity index (χ0n) is 12.3. The molecule has 2 heterocycles. The molecule has 21 heavy (non-hydrogen) atoms. The van der Waals surface area contributed by atoms with Gasteiger partial charge in [0.15, 0.2) is 0 Å². The van der Waals surface area contributed by atoms with E-state index in [0.29, 0.717) is 10.6 Å². The number of carbonyl (C=O) groups is 1. The molecule has 0 saturated heterocycles. The molecule has 0 spiro atoms. The van der Waals surface area contributed by atoms with E-state index in [9.17, 15) is 4.79 Å². The fraction of sp³-hybridized carbons (Fsp3) is 0.500. The van der Waals surface area contributed by atoms with Gasteiger partial charge in [0.25, 0.3) is 5.91 Å². The van der Waals surface area contributed by atoms with Gasteiger partial charge in [0.05, 0.1) is 10.4 Å². The number of hydrogen-bond acceptors (Lipinski definition) is 4. The van der Waals surface area contributed by atoms with E-state index < -0.39 is 0 Å². The standard InChI is InChI=1S/C16H21N3OS/c1-16(7-3-2-4-8-16)10-19-15(20)14-12(17)13-11(21-14)6-5-9-18-13/h5-6,9H,2-4,7-8,10,17H2,1H3,(H,19,20). The maximum atomic E-state index is 12.4. The van der Waals surface area contributed by atoms with Crippen LogP contribution in [-0.4, -0.2) is 17.4 Å². The van der Waals surface area contributed by atoms with Gasteiger partial charge in [0.1, 0.15) is 10.4 Å². The van der Waals surface area contributed by atoms with Crippen molar-refractivity contribution in [3.05, 3.63) is 23.2 Å². The Balaban J connectivity index is 1.73. The van der Waals surface area contributed by atoms with Gasteiger partial charge >= 0.3 is 0 Å². The van der Waals surface area contributed by atoms with Gasteiger partial charge in [-0.15, -0.1) is 11.3 Å². The normalized spacial score (nSPS) is 17.8. The Bertz CT molecular complexity index is 659. The summed E-state index contributed by atoms with van der Waals surface area (Å²) in [5.41, 5.74) is 7.54. The maximum Gasteiger partial charge on any atom is 0.263 e. The number of nitrogens with zero attached hydrogens (tertiary/aromatic N) is 1. The molecule has 1 aliphatic carbocycles. The highest BCUT2D eigenvalue weighted by Crippen LogP contribution is 2.36. The van der Waals surface area contributed by atoms with Crippen LogP contribution in [0, 0.1) is 5.41 Å². The Kier molecular flexibility index (Phi) is 3.85. The van der Waals surface area contributed by atoms with Gasteiger partial charge < -0.3 is 11.1 Å². The van der Waals surface area contributed by atoms with Gasteiger partial charge in [-0.2, -0.15) is 0 Å². The highest BCUT2D eigenvalue weighted by Gasteiger charge is 2.28. The largest absolute Gasteiger partial charge is 0.396 e. The fourth-order valence-corrected chi connectivity index (χ4v) is 4.07. The first-order chi connectivity index (χ1) is 10.1. The Morgan fingerprint density at radius 1 is 1.43 bits per heavy atom. The van der Waals surface area contributed by atoms with Gasteiger partial charge in [0.2, 0.25) is 0 Å². The van der Waals surface area contributed by atoms with Crippen LogP contribution in [-0.2, 0) is 0 Å². The van der Waals surface area contributed by atoms with Crippen LogP contribution in [0.5, 0.6) is 0 Å². The minimum Gasteiger partial charge on any atom is -0.396 e. The molecule has 2 aromatic heterocycles. The maximum absolute atomic E-state index is 12.4. The summed E-state index contributed by atoms with van der Waals surface area (Å²) in [5.74, 6) is -0.0673. The van der Waals surface area contributed by atoms with Gasteiger partial charge in [-0.05, 0) is 30.4 Å². The van der Waals surface area contributed by atoms with Crippen LogP contribution in [0.1, 0.15) is 48.7 Å². The summed E-state index contributed by atoms with van der Waals surface area (Å²) in [4.78, 5) is 17.3. The second-order valence-electron chi connectivity index (χ2n) is 6.25. The van der Waals surface area contributed by atoms with E-state index in [2.05, 4.69) is 17.2 Å². The molecular weight excluding hydrogens is 282 g/mol. The summed E-state index contributed by atoms with van der Waals surface area (Å²) in [6, 6.07) is 3.81. The number of fused-ring (bicyclic) bond motifs is 1. The molecule has 3 N–H and O–H groups in total. The van der Waals surface area contributed by atoms with Crippen molar-refractivity contribution < 1.29 is 4.79 Å². The number of pyridine rings is 1. The molecule has 0 unspecified atom stereocenters. The quantitative estimate of drug-likeness (QED) is 0.910. The Labute approximate surface area is 128 Å². The molecule has 4 nitrogen and oxygen atoms in total. The topological polar surface area (TPSA) is 68.0 Å². The molecule has 5 heteroatoms. The third kappa shape index (κ3) is 2.88. The van der Waals surface area contributed by atoms with Gasteiger partial charge in [0, 0.05) is 12.7 Å². The third-order valence-corrected chi connectivity index (χ3v) is 5.58. The lowest BCUT2D eigenvalue weighted by atomic mass is 9.76. The van der Waals surface area contributed by atoms with Crippen LogP contribution in [0.3, 0.4) is 0 Å². The number of thiophene rings is 1. The molecule has 0 atom stereocenters. The molecule has 1 aliphatic rings. The van der Waals surface area contributed by atoms with E-state index in [1.54, 1.807) is 6.20 Å². The summed E-state index contributed by atoms with van der Waals surface area (Å²) >= 11 is 1.42. The molecule has 1 amide bonds. The average molecular weight is 303 g/mol. The molecular formula is C16H21N3OS. The fourth-order valence-electron chi connectivity index (χ4n) is 3.07. The van der Waals surface area contributed by atoms with Crippen molar-refractivity contribution in [1.82, 2.24) is 10.3 Å². The van der Waals surface area contributed by atoms with Gasteiger partial charge in [-0.3, -0.25) is 9.78 Å². The third-order valence-electron chi connectivity index (χ3n) is 4.43. The van der Waals surface area contributed by atoms with Crippen molar-refractivity contribution in [3.63, 3.8) is 0 Å². The monoisotopic (exact) mass is 303 g/mol. The second kappa shape index (κ2) is 5.64. The van der Waals surface area contributed by atoms with Crippen LogP contribution in [0.2, 0.25) is 0 Å². The molecule has 1 fully saturated rings. The minimum atomic E-state index is -0.0673. The highest BCUT2D eigenvalue weighted by atomic mass is 32.1. The van der Waals surface area contributed by atoms with Crippen molar-refractivity contribution >= 4 is 33.1 Å². The highest BCUT2D eigenvalue weighted by molar-refractivity contribution is 7.21.